The zero-order valence-electron chi connectivity index (χ0n) is 36.4. The maximum Gasteiger partial charge on any atom is 0.325 e. The van der Waals surface area contributed by atoms with Gasteiger partial charge in [0.05, 0.1) is 6.61 Å². The highest BCUT2D eigenvalue weighted by Gasteiger charge is 2.12. The lowest BCUT2D eigenvalue weighted by atomic mass is 10.1. The third kappa shape index (κ3) is 39.6. The van der Waals surface area contributed by atoms with Crippen molar-refractivity contribution in [1.82, 2.24) is 15.0 Å². The molecule has 0 atom stereocenters. The zero-order chi connectivity index (χ0) is 38.7. The van der Waals surface area contributed by atoms with Gasteiger partial charge in [-0.1, -0.05) is 175 Å². The first kappa shape index (κ1) is 52.6. The largest absolute Gasteiger partial charge is 0.368 e. The van der Waals surface area contributed by atoms with Gasteiger partial charge >= 0.3 is 5.97 Å². The molecule has 0 radical (unpaired) electrons. The van der Waals surface area contributed by atoms with E-state index in [1.165, 1.54) is 186 Å². The first-order valence-corrected chi connectivity index (χ1v) is 24.3. The Hall–Kier alpha value is -0.400. The van der Waals surface area contributed by atoms with E-state index in [2.05, 4.69) is 37.7 Å². The van der Waals surface area contributed by atoms with Gasteiger partial charge in [0.15, 0.2) is 0 Å². The highest BCUT2D eigenvalue weighted by atomic mass is 35.5. The van der Waals surface area contributed by atoms with Gasteiger partial charge in [-0.3, -0.25) is 9.63 Å². The molecule has 0 aliphatic rings. The number of nitrogens with zero attached hydrogens (tertiary/aromatic N) is 3. The summed E-state index contributed by atoms with van der Waals surface area (Å²) in [5.74, 6) is 0.701. The fraction of sp³-hybridized carbons (Fsp3) is 0.978. The lowest BCUT2D eigenvalue weighted by molar-refractivity contribution is -0.191. The lowest BCUT2D eigenvalue weighted by Crippen LogP contribution is -2.29. The second-order valence-electron chi connectivity index (χ2n) is 16.0. The van der Waals surface area contributed by atoms with Gasteiger partial charge in [-0.25, -0.2) is 0 Å². The third-order valence-electron chi connectivity index (χ3n) is 10.7. The summed E-state index contributed by atoms with van der Waals surface area (Å²) >= 11 is 6.15. The number of unbranched alkanes of at least 4 members (excludes halogenated alkanes) is 25. The molecule has 0 aliphatic carbocycles. The molecule has 0 heterocycles. The SMILES string of the molecule is CCCCCCN(CCCCCC)OCCCCCCCCCCN(CCCl)CCCCCCCCCC(=O)ON(CCCCCC)CCCCCC. The van der Waals surface area contributed by atoms with Gasteiger partial charge < -0.3 is 9.74 Å². The molecular weight excluding hydrogens is 678 g/mol. The molecule has 0 rings (SSSR count). The van der Waals surface area contributed by atoms with Crippen LogP contribution in [0, 0.1) is 0 Å². The second kappa shape index (κ2) is 44.3. The van der Waals surface area contributed by atoms with Crippen molar-refractivity contribution in [3.63, 3.8) is 0 Å². The van der Waals surface area contributed by atoms with Crippen LogP contribution in [-0.4, -0.2) is 79.3 Å². The Bertz CT molecular complexity index is 692. The minimum Gasteiger partial charge on any atom is -0.368 e. The van der Waals surface area contributed by atoms with Crippen LogP contribution in [0.4, 0.5) is 0 Å². The van der Waals surface area contributed by atoms with Crippen molar-refractivity contribution >= 4 is 17.6 Å². The molecule has 0 saturated carbocycles. The van der Waals surface area contributed by atoms with E-state index in [4.69, 9.17) is 21.3 Å². The molecule has 0 aliphatic heterocycles. The van der Waals surface area contributed by atoms with Crippen molar-refractivity contribution in [2.45, 2.75) is 233 Å². The standard InChI is InChI=1S/C46H94ClN3O3/c1-5-9-13-31-40-49(41-32-14-10-6-2)52-45-35-27-23-18-17-21-25-29-38-48(44-37-47)39-30-26-22-19-20-24-28-36-46(51)53-50(42-33-15-11-7-3)43-34-16-12-8-4/h5-45H2,1-4H3. The Balaban J connectivity index is 3.86. The number of carbonyl (C=O) groups is 1. The van der Waals surface area contributed by atoms with Crippen molar-refractivity contribution in [3.05, 3.63) is 0 Å². The first-order chi connectivity index (χ1) is 26.1. The molecular formula is C46H94ClN3O3. The quantitative estimate of drug-likeness (QED) is 0.0349. The molecule has 0 aromatic carbocycles. The fourth-order valence-electron chi connectivity index (χ4n) is 7.13. The topological polar surface area (TPSA) is 45.3 Å². The van der Waals surface area contributed by atoms with E-state index in [0.717, 1.165) is 70.9 Å². The molecule has 6 nitrogen and oxygen atoms in total. The van der Waals surface area contributed by atoms with Gasteiger partial charge in [0.2, 0.25) is 0 Å². The Labute approximate surface area is 337 Å². The Morgan fingerprint density at radius 2 is 0.736 bits per heavy atom. The van der Waals surface area contributed by atoms with Crippen molar-refractivity contribution in [2.75, 3.05) is 58.3 Å². The van der Waals surface area contributed by atoms with Gasteiger partial charge in [-0.15, -0.1) is 16.7 Å². The van der Waals surface area contributed by atoms with E-state index in [-0.39, 0.29) is 5.97 Å². The molecule has 0 N–H and O–H groups in total. The normalized spacial score (nSPS) is 11.8. The highest BCUT2D eigenvalue weighted by Crippen LogP contribution is 2.14. The molecule has 0 aromatic rings. The number of hydroxylamine groups is 4. The average Bonchev–Trinajstić information content (AvgIpc) is 3.16. The smallest absolute Gasteiger partial charge is 0.325 e. The molecule has 0 fully saturated rings. The molecule has 318 valence electrons. The molecule has 0 bridgehead atoms. The summed E-state index contributed by atoms with van der Waals surface area (Å²) in [6.07, 6.45) is 39.8. The Kier molecular flexibility index (Phi) is 44.0. The van der Waals surface area contributed by atoms with Gasteiger partial charge in [-0.2, -0.15) is 5.06 Å². The fourth-order valence-corrected chi connectivity index (χ4v) is 7.37. The van der Waals surface area contributed by atoms with E-state index in [9.17, 15) is 4.79 Å². The predicted octanol–water partition coefficient (Wildman–Crippen LogP) is 14.1. The van der Waals surface area contributed by atoms with Gasteiger partial charge in [0.1, 0.15) is 0 Å². The minimum atomic E-state index is -0.0323. The van der Waals surface area contributed by atoms with Crippen LogP contribution < -0.4 is 0 Å². The van der Waals surface area contributed by atoms with E-state index >= 15 is 0 Å². The zero-order valence-corrected chi connectivity index (χ0v) is 37.2. The van der Waals surface area contributed by atoms with Crippen LogP contribution >= 0.6 is 11.6 Å². The van der Waals surface area contributed by atoms with Crippen molar-refractivity contribution < 1.29 is 14.5 Å². The lowest BCUT2D eigenvalue weighted by Gasteiger charge is -2.22. The number of hydrogen-bond donors (Lipinski definition) is 0. The summed E-state index contributed by atoms with van der Waals surface area (Å²) in [5.41, 5.74) is 0. The van der Waals surface area contributed by atoms with Crippen molar-refractivity contribution in [2.24, 2.45) is 0 Å². The van der Waals surface area contributed by atoms with Crippen molar-refractivity contribution in [3.8, 4) is 0 Å². The first-order valence-electron chi connectivity index (χ1n) is 23.7. The number of rotatable bonds is 45. The van der Waals surface area contributed by atoms with Crippen LogP contribution in [0.5, 0.6) is 0 Å². The molecule has 0 spiro atoms. The Morgan fingerprint density at radius 1 is 0.396 bits per heavy atom. The van der Waals surface area contributed by atoms with Gasteiger partial charge in [0, 0.05) is 45.0 Å². The molecule has 0 unspecified atom stereocenters. The van der Waals surface area contributed by atoms with Crippen LogP contribution in [0.3, 0.4) is 0 Å². The van der Waals surface area contributed by atoms with Crippen LogP contribution in [0.25, 0.3) is 0 Å². The predicted molar refractivity (Wildman–Crippen MR) is 233 cm³/mol. The maximum atomic E-state index is 12.5. The Morgan fingerprint density at radius 3 is 1.15 bits per heavy atom. The summed E-state index contributed by atoms with van der Waals surface area (Å²) in [6.45, 7) is 17.3. The van der Waals surface area contributed by atoms with E-state index in [1.807, 2.05) is 5.06 Å². The number of alkyl halides is 1. The van der Waals surface area contributed by atoms with E-state index in [0.29, 0.717) is 6.42 Å². The molecule has 53 heavy (non-hydrogen) atoms. The summed E-state index contributed by atoms with van der Waals surface area (Å²) in [7, 11) is 0. The van der Waals surface area contributed by atoms with E-state index < -0.39 is 0 Å². The third-order valence-corrected chi connectivity index (χ3v) is 10.8. The summed E-state index contributed by atoms with van der Waals surface area (Å²) in [5, 5.41) is 4.24. The van der Waals surface area contributed by atoms with Gasteiger partial charge in [-0.05, 0) is 64.5 Å². The molecule has 0 saturated heterocycles. The number of carbonyl (C=O) groups excluding carboxylic acids is 1. The van der Waals surface area contributed by atoms with Gasteiger partial charge in [0.25, 0.3) is 0 Å². The molecule has 0 aromatic heterocycles. The molecule has 0 amide bonds. The number of hydrogen-bond acceptors (Lipinski definition) is 6. The van der Waals surface area contributed by atoms with E-state index in [1.54, 1.807) is 0 Å². The maximum absolute atomic E-state index is 12.5. The molecule has 7 heteroatoms. The minimum absolute atomic E-state index is 0.0323. The van der Waals surface area contributed by atoms with Crippen LogP contribution in [0.2, 0.25) is 0 Å². The summed E-state index contributed by atoms with van der Waals surface area (Å²) in [4.78, 5) is 27.1. The highest BCUT2D eigenvalue weighted by molar-refractivity contribution is 6.18. The second-order valence-corrected chi connectivity index (χ2v) is 16.4. The summed E-state index contributed by atoms with van der Waals surface area (Å²) < 4.78 is 0. The van der Waals surface area contributed by atoms with Crippen molar-refractivity contribution in [1.29, 1.82) is 0 Å². The monoisotopic (exact) mass is 772 g/mol. The van der Waals surface area contributed by atoms with Crippen LogP contribution in [0.15, 0.2) is 0 Å². The number of halogens is 1. The van der Waals surface area contributed by atoms with Crippen LogP contribution in [-0.2, 0) is 14.5 Å². The van der Waals surface area contributed by atoms with Crippen LogP contribution in [0.1, 0.15) is 233 Å². The summed E-state index contributed by atoms with van der Waals surface area (Å²) in [6, 6.07) is 0. The average molecular weight is 773 g/mol.